The lowest BCUT2D eigenvalue weighted by molar-refractivity contribution is 1.45. The summed E-state index contributed by atoms with van der Waals surface area (Å²) in [5.41, 5.74) is 8.01. The van der Waals surface area contributed by atoms with E-state index in [0.717, 1.165) is 0 Å². The van der Waals surface area contributed by atoms with Gasteiger partial charge in [0.05, 0.1) is 0 Å². The summed E-state index contributed by atoms with van der Waals surface area (Å²) < 4.78 is 0. The van der Waals surface area contributed by atoms with E-state index in [1.807, 2.05) is 0 Å². The van der Waals surface area contributed by atoms with Crippen LogP contribution in [0.3, 0.4) is 0 Å². The molecule has 24 heavy (non-hydrogen) atoms. The predicted octanol–water partition coefficient (Wildman–Crippen LogP) is 6.89. The number of hydrogen-bond donors (Lipinski definition) is 0. The van der Waals surface area contributed by atoms with Crippen molar-refractivity contribution in [3.05, 3.63) is 82.9 Å². The molecule has 0 atom stereocenters. The lowest BCUT2D eigenvalue weighted by Crippen LogP contribution is -1.89. The SMILES string of the molecule is Cc1ccc(C)c2cc(-c3ccc4c(C)cccc4c3C)ccc12. The highest BCUT2D eigenvalue weighted by molar-refractivity contribution is 5.96. The molecule has 118 valence electrons. The van der Waals surface area contributed by atoms with E-state index >= 15 is 0 Å². The van der Waals surface area contributed by atoms with Gasteiger partial charge >= 0.3 is 0 Å². The van der Waals surface area contributed by atoms with Crippen LogP contribution in [0, 0.1) is 27.7 Å². The van der Waals surface area contributed by atoms with Crippen molar-refractivity contribution in [2.45, 2.75) is 27.7 Å². The van der Waals surface area contributed by atoms with E-state index in [9.17, 15) is 0 Å². The first-order valence-electron chi connectivity index (χ1n) is 8.55. The number of aryl methyl sites for hydroxylation is 4. The standard InChI is InChI=1S/C24H22/c1-15-6-5-7-23-18(4)22(13-12-20(15)23)19-10-11-21-16(2)8-9-17(3)24(21)14-19/h5-14H,1-4H3. The van der Waals surface area contributed by atoms with Crippen molar-refractivity contribution >= 4 is 21.5 Å². The van der Waals surface area contributed by atoms with Gasteiger partial charge in [0.15, 0.2) is 0 Å². The van der Waals surface area contributed by atoms with Crippen LogP contribution in [-0.4, -0.2) is 0 Å². The van der Waals surface area contributed by atoms with Gasteiger partial charge in [-0.15, -0.1) is 0 Å². The molecule has 0 fully saturated rings. The Kier molecular flexibility index (Phi) is 3.42. The second kappa shape index (κ2) is 5.49. The smallest absolute Gasteiger partial charge is 0.0146 e. The van der Waals surface area contributed by atoms with Crippen LogP contribution in [-0.2, 0) is 0 Å². The van der Waals surface area contributed by atoms with Gasteiger partial charge in [-0.2, -0.15) is 0 Å². The zero-order valence-electron chi connectivity index (χ0n) is 14.8. The summed E-state index contributed by atoms with van der Waals surface area (Å²) in [5.74, 6) is 0. The fourth-order valence-electron chi connectivity index (χ4n) is 3.79. The maximum absolute atomic E-state index is 2.35. The van der Waals surface area contributed by atoms with E-state index < -0.39 is 0 Å². The molecule has 4 rings (SSSR count). The predicted molar refractivity (Wildman–Crippen MR) is 106 cm³/mol. The Hall–Kier alpha value is -2.60. The molecule has 4 aromatic rings. The Morgan fingerprint density at radius 3 is 1.92 bits per heavy atom. The first-order valence-corrected chi connectivity index (χ1v) is 8.55. The maximum atomic E-state index is 2.35. The second-order valence-electron chi connectivity index (χ2n) is 6.87. The highest BCUT2D eigenvalue weighted by Crippen LogP contribution is 2.33. The van der Waals surface area contributed by atoms with Crippen LogP contribution in [0.15, 0.2) is 60.7 Å². The molecule has 0 aliphatic carbocycles. The average Bonchev–Trinajstić information content (AvgIpc) is 2.59. The number of fused-ring (bicyclic) bond motifs is 2. The molecule has 0 bridgehead atoms. The van der Waals surface area contributed by atoms with Crippen molar-refractivity contribution in [1.82, 2.24) is 0 Å². The van der Waals surface area contributed by atoms with Crippen molar-refractivity contribution in [1.29, 1.82) is 0 Å². The molecule has 4 aromatic carbocycles. The minimum Gasteiger partial charge on any atom is -0.0614 e. The Bertz CT molecular complexity index is 1080. The summed E-state index contributed by atoms with van der Waals surface area (Å²) in [6.07, 6.45) is 0. The molecule has 0 N–H and O–H groups in total. The molecule has 0 heteroatoms. The average molecular weight is 310 g/mol. The molecule has 0 unspecified atom stereocenters. The third kappa shape index (κ3) is 2.22. The molecule has 0 nitrogen and oxygen atoms in total. The first kappa shape index (κ1) is 15.0. The molecule has 0 aromatic heterocycles. The summed E-state index contributed by atoms with van der Waals surface area (Å²) >= 11 is 0. The normalized spacial score (nSPS) is 11.3. The van der Waals surface area contributed by atoms with Crippen molar-refractivity contribution < 1.29 is 0 Å². The molecule has 0 aliphatic rings. The molecule has 0 heterocycles. The largest absolute Gasteiger partial charge is 0.0614 e. The number of benzene rings is 4. The van der Waals surface area contributed by atoms with Gasteiger partial charge in [-0.25, -0.2) is 0 Å². The zero-order chi connectivity index (χ0) is 16.8. The molecule has 0 saturated heterocycles. The topological polar surface area (TPSA) is 0 Å². The highest BCUT2D eigenvalue weighted by atomic mass is 14.1. The molecule has 0 spiro atoms. The van der Waals surface area contributed by atoms with Gasteiger partial charge in [0.25, 0.3) is 0 Å². The van der Waals surface area contributed by atoms with Gasteiger partial charge in [-0.05, 0) is 88.7 Å². The van der Waals surface area contributed by atoms with E-state index in [1.165, 1.54) is 54.9 Å². The molecular formula is C24H22. The van der Waals surface area contributed by atoms with Gasteiger partial charge in [0.2, 0.25) is 0 Å². The summed E-state index contributed by atoms with van der Waals surface area (Å²) in [4.78, 5) is 0. The molecule has 0 saturated carbocycles. The van der Waals surface area contributed by atoms with E-state index in [-0.39, 0.29) is 0 Å². The first-order chi connectivity index (χ1) is 11.6. The summed E-state index contributed by atoms with van der Waals surface area (Å²) in [7, 11) is 0. The van der Waals surface area contributed by atoms with Gasteiger partial charge in [0.1, 0.15) is 0 Å². The van der Waals surface area contributed by atoms with Crippen LogP contribution in [0.4, 0.5) is 0 Å². The van der Waals surface area contributed by atoms with Crippen LogP contribution in [0.25, 0.3) is 32.7 Å². The zero-order valence-corrected chi connectivity index (χ0v) is 14.8. The molecule has 0 radical (unpaired) electrons. The van der Waals surface area contributed by atoms with Crippen molar-refractivity contribution in [2.75, 3.05) is 0 Å². The van der Waals surface area contributed by atoms with Crippen molar-refractivity contribution in [3.8, 4) is 11.1 Å². The van der Waals surface area contributed by atoms with Gasteiger partial charge < -0.3 is 0 Å². The quantitative estimate of drug-likeness (QED) is 0.359. The van der Waals surface area contributed by atoms with Crippen LogP contribution in [0.5, 0.6) is 0 Å². The lowest BCUT2D eigenvalue weighted by atomic mass is 9.91. The highest BCUT2D eigenvalue weighted by Gasteiger charge is 2.09. The minimum absolute atomic E-state index is 1.30. The van der Waals surface area contributed by atoms with Crippen LogP contribution >= 0.6 is 0 Å². The Morgan fingerprint density at radius 2 is 1.12 bits per heavy atom. The van der Waals surface area contributed by atoms with Crippen LogP contribution in [0.2, 0.25) is 0 Å². The Morgan fingerprint density at radius 1 is 0.500 bits per heavy atom. The minimum atomic E-state index is 1.30. The Labute approximate surface area is 143 Å². The van der Waals surface area contributed by atoms with E-state index in [1.54, 1.807) is 0 Å². The van der Waals surface area contributed by atoms with Gasteiger partial charge in [-0.3, -0.25) is 0 Å². The summed E-state index contributed by atoms with van der Waals surface area (Å²) in [5, 5.41) is 5.42. The fraction of sp³-hybridized carbons (Fsp3) is 0.167. The van der Waals surface area contributed by atoms with Gasteiger partial charge in [0, 0.05) is 0 Å². The van der Waals surface area contributed by atoms with E-state index in [4.69, 9.17) is 0 Å². The maximum Gasteiger partial charge on any atom is -0.0146 e. The fourth-order valence-corrected chi connectivity index (χ4v) is 3.79. The van der Waals surface area contributed by atoms with E-state index in [0.29, 0.717) is 0 Å². The van der Waals surface area contributed by atoms with Crippen LogP contribution < -0.4 is 0 Å². The third-order valence-corrected chi connectivity index (χ3v) is 5.31. The molecule has 0 aliphatic heterocycles. The molecule has 0 amide bonds. The summed E-state index contributed by atoms with van der Waals surface area (Å²) in [6.45, 7) is 8.81. The molecular weight excluding hydrogens is 288 g/mol. The van der Waals surface area contributed by atoms with Crippen molar-refractivity contribution in [2.24, 2.45) is 0 Å². The third-order valence-electron chi connectivity index (χ3n) is 5.31. The van der Waals surface area contributed by atoms with Gasteiger partial charge in [-0.1, -0.05) is 54.6 Å². The Balaban J connectivity index is 1.99. The van der Waals surface area contributed by atoms with E-state index in [2.05, 4.69) is 88.4 Å². The van der Waals surface area contributed by atoms with Crippen molar-refractivity contribution in [3.63, 3.8) is 0 Å². The lowest BCUT2D eigenvalue weighted by Gasteiger charge is -2.13. The monoisotopic (exact) mass is 310 g/mol. The second-order valence-corrected chi connectivity index (χ2v) is 6.87. The summed E-state index contributed by atoms with van der Waals surface area (Å²) in [6, 6.07) is 22.4. The van der Waals surface area contributed by atoms with Crippen LogP contribution in [0.1, 0.15) is 22.3 Å². The number of rotatable bonds is 1. The number of hydrogen-bond acceptors (Lipinski definition) is 0.